The molecule has 196 valence electrons. The van der Waals surface area contributed by atoms with Crippen LogP contribution < -0.4 is 22.1 Å². The second-order valence-corrected chi connectivity index (χ2v) is 13.8. The SMILES string of the molecule is NC(=O)c1c(I)c(NC(=O)CC(=O)Nc2c(I)c(C(N)=O)c(I)c(C(=O)Cl)c2I)c(I)c(C(=O)Cl)c1I. The third-order valence-electron chi connectivity index (χ3n) is 4.37. The van der Waals surface area contributed by atoms with Crippen LogP contribution in [-0.2, 0) is 9.59 Å². The standard InChI is InChI=1S/C19H8Cl2I6N4O6/c20-16(34)4-8(22)6(18(28)36)12(26)14(10(4)24)30-2(32)1-3(33)31-15-11(25)5(17(21)35)9(23)7(13(15)27)19(29)37/h1H2,(H2,28,36)(H2,29,37)(H,30,32)(H,31,33). The maximum absolute atomic E-state index is 12.8. The molecule has 2 rings (SSSR count). The number of anilines is 2. The fraction of sp³-hybridized carbons (Fsp3) is 0.0526. The molecule has 0 bridgehead atoms. The fourth-order valence-electron chi connectivity index (χ4n) is 2.84. The monoisotopic (exact) mass is 1220 g/mol. The lowest BCUT2D eigenvalue weighted by Crippen LogP contribution is -2.26. The summed E-state index contributed by atoms with van der Waals surface area (Å²) in [5, 5.41) is 3.31. The summed E-state index contributed by atoms with van der Waals surface area (Å²) in [7, 11) is 0. The smallest absolute Gasteiger partial charge is 0.254 e. The fourth-order valence-corrected chi connectivity index (χ4v) is 12.8. The van der Waals surface area contributed by atoms with Gasteiger partial charge in [-0.25, -0.2) is 0 Å². The Morgan fingerprint density at radius 1 is 0.541 bits per heavy atom. The molecule has 0 radical (unpaired) electrons. The molecule has 6 N–H and O–H groups in total. The molecule has 0 aliphatic carbocycles. The summed E-state index contributed by atoms with van der Waals surface area (Å²) in [5.41, 5.74) is 11.0. The van der Waals surface area contributed by atoms with Crippen molar-refractivity contribution in [1.29, 1.82) is 0 Å². The summed E-state index contributed by atoms with van der Waals surface area (Å²) in [6.07, 6.45) is -0.706. The Bertz CT molecular complexity index is 1250. The second kappa shape index (κ2) is 14.0. The summed E-state index contributed by atoms with van der Waals surface area (Å²) in [6, 6.07) is 0. The summed E-state index contributed by atoms with van der Waals surface area (Å²) >= 11 is 22.1. The van der Waals surface area contributed by atoms with E-state index in [1.807, 2.05) is 0 Å². The lowest BCUT2D eigenvalue weighted by molar-refractivity contribution is -0.123. The van der Waals surface area contributed by atoms with Crippen molar-refractivity contribution in [3.05, 3.63) is 43.7 Å². The van der Waals surface area contributed by atoms with Gasteiger partial charge >= 0.3 is 0 Å². The Morgan fingerprint density at radius 3 is 1.05 bits per heavy atom. The van der Waals surface area contributed by atoms with E-state index in [9.17, 15) is 28.8 Å². The van der Waals surface area contributed by atoms with Gasteiger partial charge in [0.15, 0.2) is 0 Å². The second-order valence-electron chi connectivity index (χ2n) is 6.68. The van der Waals surface area contributed by atoms with E-state index in [-0.39, 0.29) is 55.0 Å². The van der Waals surface area contributed by atoms with Crippen molar-refractivity contribution in [2.75, 3.05) is 10.6 Å². The van der Waals surface area contributed by atoms with Crippen molar-refractivity contribution in [3.8, 4) is 0 Å². The largest absolute Gasteiger partial charge is 0.366 e. The highest BCUT2D eigenvalue weighted by Crippen LogP contribution is 2.38. The molecule has 0 saturated carbocycles. The quantitative estimate of drug-likeness (QED) is 0.160. The molecule has 2 aromatic rings. The number of primary amides is 2. The Labute approximate surface area is 300 Å². The third-order valence-corrected chi connectivity index (χ3v) is 11.2. The first-order chi connectivity index (χ1) is 17.0. The van der Waals surface area contributed by atoms with E-state index in [1.165, 1.54) is 0 Å². The van der Waals surface area contributed by atoms with Gasteiger partial charge in [0.05, 0.1) is 47.9 Å². The molecule has 0 fully saturated rings. The van der Waals surface area contributed by atoms with Gasteiger partial charge in [-0.15, -0.1) is 0 Å². The van der Waals surface area contributed by atoms with Gasteiger partial charge < -0.3 is 22.1 Å². The minimum absolute atomic E-state index is 0.00869. The zero-order valence-corrected chi connectivity index (χ0v) is 31.8. The van der Waals surface area contributed by atoms with Crippen LogP contribution in [-0.4, -0.2) is 34.1 Å². The molecule has 0 aliphatic heterocycles. The minimum atomic E-state index is -0.862. The molecule has 0 aromatic heterocycles. The number of nitrogens with two attached hydrogens (primary N) is 2. The summed E-state index contributed by atoms with van der Waals surface area (Å²) < 4.78 is 1.48. The zero-order chi connectivity index (χ0) is 28.5. The predicted molar refractivity (Wildman–Crippen MR) is 188 cm³/mol. The molecular formula is C19H8Cl2I6N4O6. The number of hydrogen-bond donors (Lipinski definition) is 4. The van der Waals surface area contributed by atoms with Gasteiger partial charge in [-0.3, -0.25) is 28.8 Å². The molecule has 4 amide bonds. The lowest BCUT2D eigenvalue weighted by atomic mass is 10.1. The van der Waals surface area contributed by atoms with Gasteiger partial charge in [0.1, 0.15) is 6.42 Å². The maximum Gasteiger partial charge on any atom is 0.254 e. The number of rotatable bonds is 8. The van der Waals surface area contributed by atoms with Crippen LogP contribution in [0, 0.1) is 21.4 Å². The van der Waals surface area contributed by atoms with E-state index in [2.05, 4.69) is 10.6 Å². The number of halogens is 8. The van der Waals surface area contributed by atoms with E-state index >= 15 is 0 Å². The van der Waals surface area contributed by atoms with Crippen molar-refractivity contribution in [2.45, 2.75) is 6.42 Å². The van der Waals surface area contributed by atoms with Crippen molar-refractivity contribution in [1.82, 2.24) is 0 Å². The van der Waals surface area contributed by atoms with Crippen LogP contribution in [0.4, 0.5) is 11.4 Å². The lowest BCUT2D eigenvalue weighted by Gasteiger charge is -2.18. The van der Waals surface area contributed by atoms with Gasteiger partial charge in [0.2, 0.25) is 11.8 Å². The van der Waals surface area contributed by atoms with Gasteiger partial charge in [-0.1, -0.05) is 0 Å². The molecule has 18 heteroatoms. The van der Waals surface area contributed by atoms with Crippen LogP contribution >= 0.6 is 159 Å². The molecule has 37 heavy (non-hydrogen) atoms. The van der Waals surface area contributed by atoms with Crippen LogP contribution in [0.15, 0.2) is 0 Å². The first-order valence-corrected chi connectivity index (χ1v) is 16.2. The molecular weight excluding hydrogens is 1210 g/mol. The predicted octanol–water partition coefficient (Wildman–Crippen LogP) is 5.24. The third kappa shape index (κ3) is 7.48. The molecule has 0 atom stereocenters. The average molecular weight is 1220 g/mol. The van der Waals surface area contributed by atoms with E-state index in [4.69, 9.17) is 34.7 Å². The number of carbonyl (C=O) groups is 6. The first-order valence-electron chi connectivity index (χ1n) is 9.02. The van der Waals surface area contributed by atoms with Crippen molar-refractivity contribution in [3.63, 3.8) is 0 Å². The Morgan fingerprint density at radius 2 is 0.811 bits per heavy atom. The van der Waals surface area contributed by atoms with Crippen LogP contribution in [0.1, 0.15) is 47.9 Å². The summed E-state index contributed by atoms with van der Waals surface area (Å²) in [4.78, 5) is 73.5. The summed E-state index contributed by atoms with van der Waals surface area (Å²) in [5.74, 6) is -3.26. The first kappa shape index (κ1) is 33.8. The molecule has 0 spiro atoms. The minimum Gasteiger partial charge on any atom is -0.366 e. The van der Waals surface area contributed by atoms with Crippen molar-refractivity contribution < 1.29 is 28.8 Å². The van der Waals surface area contributed by atoms with Crippen molar-refractivity contribution >= 4 is 204 Å². The highest BCUT2D eigenvalue weighted by molar-refractivity contribution is 14.1. The van der Waals surface area contributed by atoms with Crippen LogP contribution in [0.25, 0.3) is 0 Å². The van der Waals surface area contributed by atoms with Gasteiger partial charge in [-0.2, -0.15) is 0 Å². The van der Waals surface area contributed by atoms with E-state index < -0.39 is 40.5 Å². The molecule has 0 aliphatic rings. The van der Waals surface area contributed by atoms with Crippen LogP contribution in [0.2, 0.25) is 0 Å². The van der Waals surface area contributed by atoms with E-state index in [0.717, 1.165) is 0 Å². The van der Waals surface area contributed by atoms with Gasteiger partial charge in [0.25, 0.3) is 22.3 Å². The van der Waals surface area contributed by atoms with E-state index in [0.29, 0.717) is 0 Å². The average Bonchev–Trinajstić information content (AvgIpc) is 2.73. The Hall–Kier alpha value is 0.620. The Kier molecular flexibility index (Phi) is 12.8. The van der Waals surface area contributed by atoms with Crippen molar-refractivity contribution in [2.24, 2.45) is 11.5 Å². The van der Waals surface area contributed by atoms with E-state index in [1.54, 1.807) is 136 Å². The topological polar surface area (TPSA) is 179 Å². The highest BCUT2D eigenvalue weighted by atomic mass is 127. The number of hydrogen-bond acceptors (Lipinski definition) is 6. The normalized spacial score (nSPS) is 10.6. The molecule has 0 unspecified atom stereocenters. The number of amides is 4. The van der Waals surface area contributed by atoms with Gasteiger partial charge in [-0.05, 0) is 159 Å². The number of carbonyl (C=O) groups excluding carboxylic acids is 6. The Balaban J connectivity index is 2.45. The number of nitrogens with one attached hydrogen (secondary N) is 2. The van der Waals surface area contributed by atoms with Gasteiger partial charge in [0, 0.05) is 7.14 Å². The number of benzene rings is 2. The maximum atomic E-state index is 12.8. The highest BCUT2D eigenvalue weighted by Gasteiger charge is 2.29. The molecule has 10 nitrogen and oxygen atoms in total. The van der Waals surface area contributed by atoms with Crippen LogP contribution in [0.3, 0.4) is 0 Å². The molecule has 2 aromatic carbocycles. The molecule has 0 saturated heterocycles. The summed E-state index contributed by atoms with van der Waals surface area (Å²) in [6.45, 7) is 0. The molecule has 0 heterocycles. The van der Waals surface area contributed by atoms with Crippen LogP contribution in [0.5, 0.6) is 0 Å². The zero-order valence-electron chi connectivity index (χ0n) is 17.3.